The standard InChI is InChI=1S/C22H17ClF3NO4/c1-29-16-6-8-17(9-7-16)31-20-10-5-15(23)12-19(20)27-21(28)13-30-18-4-2-3-14(11-18)22(24,25)26/h2-12H,13H2,1H3,(H,27,28). The molecule has 3 aromatic carbocycles. The topological polar surface area (TPSA) is 56.8 Å². The van der Waals surface area contributed by atoms with E-state index >= 15 is 0 Å². The number of hydrogen-bond donors (Lipinski definition) is 1. The first-order valence-electron chi connectivity index (χ1n) is 8.96. The van der Waals surface area contributed by atoms with Crippen LogP contribution >= 0.6 is 11.6 Å². The minimum absolute atomic E-state index is 0.0780. The molecule has 0 unspecified atom stereocenters. The third-order valence-corrected chi connectivity index (χ3v) is 4.27. The van der Waals surface area contributed by atoms with Crippen molar-refractivity contribution < 1.29 is 32.2 Å². The summed E-state index contributed by atoms with van der Waals surface area (Å²) in [4.78, 5) is 12.3. The van der Waals surface area contributed by atoms with Gasteiger partial charge < -0.3 is 19.5 Å². The fourth-order valence-electron chi connectivity index (χ4n) is 2.56. The molecule has 1 N–H and O–H groups in total. The van der Waals surface area contributed by atoms with E-state index in [2.05, 4.69) is 5.32 Å². The van der Waals surface area contributed by atoms with E-state index in [-0.39, 0.29) is 11.4 Å². The van der Waals surface area contributed by atoms with Gasteiger partial charge in [-0.1, -0.05) is 17.7 Å². The largest absolute Gasteiger partial charge is 0.497 e. The van der Waals surface area contributed by atoms with Gasteiger partial charge in [-0.15, -0.1) is 0 Å². The van der Waals surface area contributed by atoms with Crippen LogP contribution in [0, 0.1) is 0 Å². The average molecular weight is 452 g/mol. The lowest BCUT2D eigenvalue weighted by molar-refractivity contribution is -0.137. The first-order valence-corrected chi connectivity index (χ1v) is 9.34. The zero-order valence-corrected chi connectivity index (χ0v) is 17.0. The Bertz CT molecular complexity index is 1060. The summed E-state index contributed by atoms with van der Waals surface area (Å²) < 4.78 is 54.4. The summed E-state index contributed by atoms with van der Waals surface area (Å²) in [5.74, 6) is 0.801. The van der Waals surface area contributed by atoms with Crippen LogP contribution in [0.3, 0.4) is 0 Å². The number of benzene rings is 3. The van der Waals surface area contributed by atoms with Crippen LogP contribution in [0.2, 0.25) is 5.02 Å². The van der Waals surface area contributed by atoms with Crippen molar-refractivity contribution in [3.8, 4) is 23.0 Å². The van der Waals surface area contributed by atoms with Gasteiger partial charge in [-0.25, -0.2) is 0 Å². The molecule has 3 aromatic rings. The SMILES string of the molecule is COc1ccc(Oc2ccc(Cl)cc2NC(=O)COc2cccc(C(F)(F)F)c2)cc1. The molecule has 0 atom stereocenters. The Labute approximate surface area is 181 Å². The van der Waals surface area contributed by atoms with Crippen LogP contribution < -0.4 is 19.5 Å². The van der Waals surface area contributed by atoms with E-state index in [1.807, 2.05) is 0 Å². The zero-order valence-electron chi connectivity index (χ0n) is 16.2. The smallest absolute Gasteiger partial charge is 0.416 e. The third kappa shape index (κ3) is 6.29. The summed E-state index contributed by atoms with van der Waals surface area (Å²) in [6.45, 7) is -0.504. The van der Waals surface area contributed by atoms with Crippen molar-refractivity contribution in [1.29, 1.82) is 0 Å². The maximum absolute atomic E-state index is 12.8. The lowest BCUT2D eigenvalue weighted by atomic mass is 10.2. The Hall–Kier alpha value is -3.39. The molecule has 0 aliphatic carbocycles. The number of alkyl halides is 3. The molecule has 0 bridgehead atoms. The van der Waals surface area contributed by atoms with E-state index in [9.17, 15) is 18.0 Å². The second-order valence-corrected chi connectivity index (χ2v) is 6.72. The number of anilines is 1. The average Bonchev–Trinajstić information content (AvgIpc) is 2.74. The van der Waals surface area contributed by atoms with Crippen molar-refractivity contribution >= 4 is 23.2 Å². The number of carbonyl (C=O) groups is 1. The first kappa shape index (κ1) is 22.3. The maximum atomic E-state index is 12.8. The van der Waals surface area contributed by atoms with Gasteiger partial charge in [0.1, 0.15) is 17.2 Å². The second kappa shape index (κ2) is 9.61. The van der Waals surface area contributed by atoms with Crippen LogP contribution in [-0.2, 0) is 11.0 Å². The van der Waals surface area contributed by atoms with Crippen LogP contribution in [0.4, 0.5) is 18.9 Å². The molecule has 31 heavy (non-hydrogen) atoms. The van der Waals surface area contributed by atoms with Gasteiger partial charge in [0, 0.05) is 5.02 Å². The molecule has 162 valence electrons. The normalized spacial score (nSPS) is 11.0. The van der Waals surface area contributed by atoms with Crippen molar-refractivity contribution in [2.24, 2.45) is 0 Å². The van der Waals surface area contributed by atoms with Crippen LogP contribution in [0.15, 0.2) is 66.7 Å². The number of halogens is 4. The van der Waals surface area contributed by atoms with Gasteiger partial charge in [0.05, 0.1) is 18.4 Å². The highest BCUT2D eigenvalue weighted by atomic mass is 35.5. The summed E-state index contributed by atoms with van der Waals surface area (Å²) in [5.41, 5.74) is -0.587. The molecular weight excluding hydrogens is 435 g/mol. The van der Waals surface area contributed by atoms with Gasteiger partial charge in [0.15, 0.2) is 12.4 Å². The van der Waals surface area contributed by atoms with Crippen molar-refractivity contribution in [3.63, 3.8) is 0 Å². The molecule has 0 aliphatic heterocycles. The molecule has 0 aromatic heterocycles. The summed E-state index contributed by atoms with van der Waals surface area (Å²) in [7, 11) is 1.55. The van der Waals surface area contributed by atoms with E-state index in [0.29, 0.717) is 22.3 Å². The highest BCUT2D eigenvalue weighted by molar-refractivity contribution is 6.31. The molecule has 0 fully saturated rings. The Morgan fingerprint density at radius 1 is 0.968 bits per heavy atom. The highest BCUT2D eigenvalue weighted by Crippen LogP contribution is 2.33. The van der Waals surface area contributed by atoms with Crippen LogP contribution in [0.25, 0.3) is 0 Å². The maximum Gasteiger partial charge on any atom is 0.416 e. The number of hydrogen-bond acceptors (Lipinski definition) is 4. The minimum atomic E-state index is -4.50. The van der Waals surface area contributed by atoms with E-state index in [4.69, 9.17) is 25.8 Å². The molecule has 1 amide bonds. The molecule has 0 radical (unpaired) electrons. The minimum Gasteiger partial charge on any atom is -0.497 e. The zero-order chi connectivity index (χ0) is 22.4. The predicted molar refractivity (Wildman–Crippen MR) is 110 cm³/mol. The van der Waals surface area contributed by atoms with Gasteiger partial charge in [0.2, 0.25) is 0 Å². The van der Waals surface area contributed by atoms with Crippen LogP contribution in [0.5, 0.6) is 23.0 Å². The number of nitrogens with one attached hydrogen (secondary N) is 1. The molecule has 0 saturated heterocycles. The molecule has 9 heteroatoms. The van der Waals surface area contributed by atoms with Crippen LogP contribution in [0.1, 0.15) is 5.56 Å². The molecule has 0 saturated carbocycles. The molecule has 5 nitrogen and oxygen atoms in total. The Kier molecular flexibility index (Phi) is 6.91. The van der Waals surface area contributed by atoms with E-state index < -0.39 is 24.3 Å². The summed E-state index contributed by atoms with van der Waals surface area (Å²) >= 11 is 6.01. The molecule has 3 rings (SSSR count). The monoisotopic (exact) mass is 451 g/mol. The van der Waals surface area contributed by atoms with Crippen molar-refractivity contribution in [2.45, 2.75) is 6.18 Å². The Morgan fingerprint density at radius 2 is 1.68 bits per heavy atom. The van der Waals surface area contributed by atoms with E-state index in [0.717, 1.165) is 12.1 Å². The van der Waals surface area contributed by atoms with E-state index in [1.165, 1.54) is 18.2 Å². The van der Waals surface area contributed by atoms with Crippen molar-refractivity contribution in [3.05, 3.63) is 77.3 Å². The van der Waals surface area contributed by atoms with Gasteiger partial charge in [-0.05, 0) is 60.7 Å². The van der Waals surface area contributed by atoms with Crippen LogP contribution in [-0.4, -0.2) is 19.6 Å². The predicted octanol–water partition coefficient (Wildman–Crippen LogP) is 6.18. The lowest BCUT2D eigenvalue weighted by Gasteiger charge is -2.14. The molecular formula is C22H17ClF3NO4. The summed E-state index contributed by atoms with van der Waals surface area (Å²) in [6, 6.07) is 15.7. The lowest BCUT2D eigenvalue weighted by Crippen LogP contribution is -2.20. The summed E-state index contributed by atoms with van der Waals surface area (Å²) in [5, 5.41) is 2.95. The quantitative estimate of drug-likeness (QED) is 0.466. The summed E-state index contributed by atoms with van der Waals surface area (Å²) in [6.07, 6.45) is -4.50. The number of rotatable bonds is 7. The van der Waals surface area contributed by atoms with Crippen molar-refractivity contribution in [2.75, 3.05) is 19.0 Å². The van der Waals surface area contributed by atoms with Gasteiger partial charge in [0.25, 0.3) is 5.91 Å². The molecule has 0 heterocycles. The van der Waals surface area contributed by atoms with Gasteiger partial charge >= 0.3 is 6.18 Å². The number of amides is 1. The second-order valence-electron chi connectivity index (χ2n) is 6.28. The highest BCUT2D eigenvalue weighted by Gasteiger charge is 2.30. The fourth-order valence-corrected chi connectivity index (χ4v) is 2.73. The third-order valence-electron chi connectivity index (χ3n) is 4.03. The Morgan fingerprint density at radius 3 is 2.35 bits per heavy atom. The number of ether oxygens (including phenoxy) is 3. The molecule has 0 spiro atoms. The number of methoxy groups -OCH3 is 1. The van der Waals surface area contributed by atoms with Gasteiger partial charge in [-0.2, -0.15) is 13.2 Å². The Balaban J connectivity index is 1.67. The molecule has 0 aliphatic rings. The number of carbonyl (C=O) groups excluding carboxylic acids is 1. The fraction of sp³-hybridized carbons (Fsp3) is 0.136. The first-order chi connectivity index (χ1) is 14.7. The van der Waals surface area contributed by atoms with Gasteiger partial charge in [-0.3, -0.25) is 4.79 Å². The van der Waals surface area contributed by atoms with E-state index in [1.54, 1.807) is 43.5 Å². The van der Waals surface area contributed by atoms with Crippen molar-refractivity contribution in [1.82, 2.24) is 0 Å².